The average molecular weight is 324 g/mol. The van der Waals surface area contributed by atoms with E-state index in [1.165, 1.54) is 11.4 Å². The molecule has 8 nitrogen and oxygen atoms in total. The number of fused-ring (bicyclic) bond motifs is 1. The molecule has 0 aliphatic rings. The van der Waals surface area contributed by atoms with Crippen molar-refractivity contribution in [3.8, 4) is 0 Å². The number of aromatic nitrogens is 3. The number of carboxylic acids is 1. The predicted molar refractivity (Wildman–Crippen MR) is 76.0 cm³/mol. The van der Waals surface area contributed by atoms with E-state index in [1.807, 2.05) is 0 Å². The summed E-state index contributed by atoms with van der Waals surface area (Å²) in [5.74, 6) is -1.16. The minimum absolute atomic E-state index is 0.0395. The summed E-state index contributed by atoms with van der Waals surface area (Å²) in [6.45, 7) is 0. The summed E-state index contributed by atoms with van der Waals surface area (Å²) in [6, 6.07) is 5.81. The van der Waals surface area contributed by atoms with Gasteiger partial charge < -0.3 is 5.11 Å². The molecule has 0 amide bonds. The minimum Gasteiger partial charge on any atom is -0.477 e. The lowest BCUT2D eigenvalue weighted by atomic mass is 10.3. The second-order valence-corrected chi connectivity index (χ2v) is 6.68. The lowest BCUT2D eigenvalue weighted by Crippen LogP contribution is -2.12. The number of anilines is 1. The van der Waals surface area contributed by atoms with Gasteiger partial charge in [0.15, 0.2) is 0 Å². The number of benzene rings is 1. The number of sulfonamides is 1. The summed E-state index contributed by atoms with van der Waals surface area (Å²) in [7, 11) is -3.84. The van der Waals surface area contributed by atoms with Crippen LogP contribution in [0.25, 0.3) is 11.0 Å². The number of aromatic amines is 1. The van der Waals surface area contributed by atoms with Crippen LogP contribution in [0.5, 0.6) is 0 Å². The third-order valence-electron chi connectivity index (χ3n) is 2.67. The molecule has 0 unspecified atom stereocenters. The lowest BCUT2D eigenvalue weighted by molar-refractivity contribution is 0.0702. The van der Waals surface area contributed by atoms with E-state index in [0.717, 1.165) is 17.4 Å². The predicted octanol–water partition coefficient (Wildman–Crippen LogP) is 1.52. The molecule has 0 saturated carbocycles. The molecule has 21 heavy (non-hydrogen) atoms. The summed E-state index contributed by atoms with van der Waals surface area (Å²) < 4.78 is 26.7. The fraction of sp³-hybridized carbons (Fsp3) is 0. The summed E-state index contributed by atoms with van der Waals surface area (Å²) in [6.07, 6.45) is 0. The van der Waals surface area contributed by atoms with Gasteiger partial charge in [0.25, 0.3) is 10.0 Å². The van der Waals surface area contributed by atoms with Crippen molar-refractivity contribution in [3.63, 3.8) is 0 Å². The van der Waals surface area contributed by atoms with Crippen LogP contribution in [0.3, 0.4) is 0 Å². The third kappa shape index (κ3) is 2.58. The van der Waals surface area contributed by atoms with Crippen LogP contribution >= 0.6 is 11.3 Å². The van der Waals surface area contributed by atoms with Gasteiger partial charge in [-0.25, -0.2) is 13.2 Å². The minimum atomic E-state index is -3.84. The Kier molecular flexibility index (Phi) is 3.11. The Bertz CT molecular complexity index is 929. The molecule has 108 valence electrons. The highest BCUT2D eigenvalue weighted by atomic mass is 32.2. The van der Waals surface area contributed by atoms with E-state index in [4.69, 9.17) is 5.11 Å². The molecule has 3 aromatic rings. The van der Waals surface area contributed by atoms with E-state index in [1.54, 1.807) is 12.1 Å². The molecule has 0 aliphatic heterocycles. The van der Waals surface area contributed by atoms with Gasteiger partial charge in [-0.3, -0.25) is 4.72 Å². The molecular formula is C11H8N4O4S2. The number of aromatic carboxylic acids is 1. The van der Waals surface area contributed by atoms with Crippen LogP contribution in [0.4, 0.5) is 5.69 Å². The first-order chi connectivity index (χ1) is 9.95. The van der Waals surface area contributed by atoms with Gasteiger partial charge in [-0.15, -0.1) is 11.3 Å². The Morgan fingerprint density at radius 3 is 2.71 bits per heavy atom. The first-order valence-electron chi connectivity index (χ1n) is 5.61. The van der Waals surface area contributed by atoms with Crippen molar-refractivity contribution in [1.29, 1.82) is 0 Å². The Balaban J connectivity index is 1.92. The number of rotatable bonds is 4. The number of carboxylic acid groups (broad SMARTS) is 1. The zero-order valence-electron chi connectivity index (χ0n) is 10.3. The highest BCUT2D eigenvalue weighted by Crippen LogP contribution is 2.23. The molecule has 2 aromatic heterocycles. The second kappa shape index (κ2) is 4.82. The van der Waals surface area contributed by atoms with Crippen LogP contribution in [0, 0.1) is 0 Å². The van der Waals surface area contributed by atoms with Crippen LogP contribution in [0.1, 0.15) is 9.67 Å². The molecule has 10 heteroatoms. The number of H-pyrrole nitrogens is 1. The maximum atomic E-state index is 12.2. The van der Waals surface area contributed by atoms with Gasteiger partial charge in [0.1, 0.15) is 15.9 Å². The molecule has 0 aliphatic carbocycles. The lowest BCUT2D eigenvalue weighted by Gasteiger charge is -2.05. The number of nitrogens with zero attached hydrogens (tertiary/aromatic N) is 2. The van der Waals surface area contributed by atoms with Gasteiger partial charge in [0.2, 0.25) is 0 Å². The first kappa shape index (κ1) is 13.5. The van der Waals surface area contributed by atoms with Crippen LogP contribution in [-0.4, -0.2) is 34.9 Å². The number of nitrogens with one attached hydrogen (secondary N) is 2. The molecule has 0 spiro atoms. The van der Waals surface area contributed by atoms with E-state index in [0.29, 0.717) is 16.7 Å². The van der Waals surface area contributed by atoms with Crippen molar-refractivity contribution in [2.24, 2.45) is 0 Å². The zero-order valence-corrected chi connectivity index (χ0v) is 11.9. The normalized spacial score (nSPS) is 11.6. The molecule has 3 rings (SSSR count). The average Bonchev–Trinajstić information content (AvgIpc) is 3.07. The van der Waals surface area contributed by atoms with Gasteiger partial charge >= 0.3 is 5.97 Å². The van der Waals surface area contributed by atoms with Crippen molar-refractivity contribution in [3.05, 3.63) is 34.5 Å². The quantitative estimate of drug-likeness (QED) is 0.668. The van der Waals surface area contributed by atoms with Crippen molar-refractivity contribution in [2.45, 2.75) is 4.90 Å². The SMILES string of the molecule is O=C(O)c1cc(S(=O)(=O)Nc2ccc3n[nH]nc3c2)cs1. The molecule has 0 saturated heterocycles. The molecule has 2 heterocycles. The van der Waals surface area contributed by atoms with Crippen LogP contribution in [0.15, 0.2) is 34.5 Å². The van der Waals surface area contributed by atoms with Gasteiger partial charge in [0.05, 0.1) is 10.6 Å². The third-order valence-corrected chi connectivity index (χ3v) is 5.09. The van der Waals surface area contributed by atoms with E-state index >= 15 is 0 Å². The fourth-order valence-corrected chi connectivity index (χ4v) is 3.85. The number of thiophene rings is 1. The summed E-state index contributed by atoms with van der Waals surface area (Å²) in [5, 5.41) is 20.3. The van der Waals surface area contributed by atoms with E-state index in [-0.39, 0.29) is 9.77 Å². The molecule has 1 aromatic carbocycles. The summed E-state index contributed by atoms with van der Waals surface area (Å²) in [4.78, 5) is 10.7. The Morgan fingerprint density at radius 1 is 1.24 bits per heavy atom. The van der Waals surface area contributed by atoms with Crippen molar-refractivity contribution in [2.75, 3.05) is 4.72 Å². The number of carbonyl (C=O) groups is 1. The van der Waals surface area contributed by atoms with Crippen molar-refractivity contribution < 1.29 is 18.3 Å². The van der Waals surface area contributed by atoms with E-state index < -0.39 is 16.0 Å². The number of hydrogen-bond acceptors (Lipinski definition) is 6. The van der Waals surface area contributed by atoms with Gasteiger partial charge in [-0.1, -0.05) is 0 Å². The monoisotopic (exact) mass is 324 g/mol. The number of hydrogen-bond donors (Lipinski definition) is 3. The van der Waals surface area contributed by atoms with Gasteiger partial charge in [-0.2, -0.15) is 15.4 Å². The van der Waals surface area contributed by atoms with E-state index in [9.17, 15) is 13.2 Å². The van der Waals surface area contributed by atoms with Crippen LogP contribution in [-0.2, 0) is 10.0 Å². The Morgan fingerprint density at radius 2 is 2.00 bits per heavy atom. The smallest absolute Gasteiger partial charge is 0.345 e. The van der Waals surface area contributed by atoms with Crippen molar-refractivity contribution in [1.82, 2.24) is 15.4 Å². The standard InChI is InChI=1S/C11H8N4O4S2/c16-11(17)10-4-7(5-20-10)21(18,19)14-6-1-2-8-9(3-6)13-15-12-8/h1-5,14H,(H,16,17)(H,12,13,15). The molecule has 3 N–H and O–H groups in total. The topological polar surface area (TPSA) is 125 Å². The van der Waals surface area contributed by atoms with Gasteiger partial charge in [-0.05, 0) is 24.3 Å². The second-order valence-electron chi connectivity index (χ2n) is 4.08. The summed E-state index contributed by atoms with van der Waals surface area (Å²) >= 11 is 0.853. The molecule has 0 atom stereocenters. The highest BCUT2D eigenvalue weighted by molar-refractivity contribution is 7.92. The zero-order chi connectivity index (χ0) is 15.0. The van der Waals surface area contributed by atoms with Gasteiger partial charge in [0, 0.05) is 5.38 Å². The van der Waals surface area contributed by atoms with Crippen LogP contribution in [0.2, 0.25) is 0 Å². The van der Waals surface area contributed by atoms with Crippen LogP contribution < -0.4 is 4.72 Å². The largest absolute Gasteiger partial charge is 0.477 e. The maximum absolute atomic E-state index is 12.2. The highest BCUT2D eigenvalue weighted by Gasteiger charge is 2.19. The summed E-state index contributed by atoms with van der Waals surface area (Å²) in [5.41, 5.74) is 1.45. The Labute approximate surface area is 122 Å². The molecule has 0 radical (unpaired) electrons. The van der Waals surface area contributed by atoms with Crippen molar-refractivity contribution >= 4 is 44.1 Å². The first-order valence-corrected chi connectivity index (χ1v) is 7.97. The maximum Gasteiger partial charge on any atom is 0.345 e. The molecule has 0 fully saturated rings. The molecular weight excluding hydrogens is 316 g/mol. The fourth-order valence-electron chi connectivity index (χ4n) is 1.69. The van der Waals surface area contributed by atoms with E-state index in [2.05, 4.69) is 20.1 Å². The Hall–Kier alpha value is -2.46. The molecule has 0 bridgehead atoms.